The summed E-state index contributed by atoms with van der Waals surface area (Å²) in [5, 5.41) is 0. The molecule has 8 heteroatoms. The van der Waals surface area contributed by atoms with E-state index in [9.17, 15) is 17.6 Å². The first-order chi connectivity index (χ1) is 20.6. The maximum atomic E-state index is 15.1. The van der Waals surface area contributed by atoms with Crippen LogP contribution in [0.25, 0.3) is 22.4 Å². The van der Waals surface area contributed by atoms with Gasteiger partial charge in [0.1, 0.15) is 5.82 Å². The number of benzene rings is 3. The Balaban J connectivity index is 1.18. The van der Waals surface area contributed by atoms with E-state index in [1.807, 2.05) is 18.2 Å². The summed E-state index contributed by atoms with van der Waals surface area (Å²) in [6.45, 7) is 2.14. The van der Waals surface area contributed by atoms with Gasteiger partial charge >= 0.3 is 6.11 Å². The lowest BCUT2D eigenvalue weighted by Gasteiger charge is -2.31. The zero-order chi connectivity index (χ0) is 30.6. The zero-order valence-corrected chi connectivity index (χ0v) is 23.9. The van der Waals surface area contributed by atoms with Crippen LogP contribution in [0, 0.1) is 23.3 Å². The van der Waals surface area contributed by atoms with E-state index in [2.05, 4.69) is 11.9 Å². The van der Waals surface area contributed by atoms with E-state index in [-0.39, 0.29) is 11.5 Å². The summed E-state index contributed by atoms with van der Waals surface area (Å²) < 4.78 is 90.8. The molecule has 1 fully saturated rings. The van der Waals surface area contributed by atoms with Gasteiger partial charge in [-0.25, -0.2) is 17.6 Å². The first-order valence-electron chi connectivity index (χ1n) is 14.7. The molecule has 0 atom stereocenters. The second kappa shape index (κ2) is 13.3. The first kappa shape index (κ1) is 30.8. The summed E-state index contributed by atoms with van der Waals surface area (Å²) in [4.78, 5) is 4.39. The van der Waals surface area contributed by atoms with E-state index >= 15 is 8.78 Å². The van der Waals surface area contributed by atoms with Crippen molar-refractivity contribution in [3.8, 4) is 22.4 Å². The monoisotopic (exact) mass is 597 g/mol. The number of alkyl halides is 2. The summed E-state index contributed by atoms with van der Waals surface area (Å²) in [5.74, 6) is -4.99. The standard InChI is InChI=1S/C35H33F6NO/c1-2-3-4-5-22-6-17-33(42-21-22)26-13-16-29(30(36)18-26)35(40,41)43-28-14-11-24(12-15-28)23-7-9-25(10-8-23)27-19-31(37)34(39)32(38)20-27/h6-10,13,16-21,24,28H,2-5,11-12,14-15H2,1H3. The fourth-order valence-electron chi connectivity index (χ4n) is 5.69. The van der Waals surface area contributed by atoms with Crippen molar-refractivity contribution in [2.75, 3.05) is 0 Å². The van der Waals surface area contributed by atoms with Gasteiger partial charge in [-0.1, -0.05) is 56.2 Å². The third-order valence-corrected chi connectivity index (χ3v) is 8.16. The van der Waals surface area contributed by atoms with Crippen LogP contribution < -0.4 is 0 Å². The molecule has 226 valence electrons. The minimum absolute atomic E-state index is 0.0887. The molecule has 0 aliphatic heterocycles. The van der Waals surface area contributed by atoms with Crippen LogP contribution in [-0.2, 0) is 17.3 Å². The number of ether oxygens (including phenoxy) is 1. The molecular weight excluding hydrogens is 564 g/mol. The van der Waals surface area contributed by atoms with Crippen LogP contribution in [0.1, 0.15) is 74.5 Å². The highest BCUT2D eigenvalue weighted by atomic mass is 19.3. The topological polar surface area (TPSA) is 22.1 Å². The second-order valence-electron chi connectivity index (χ2n) is 11.2. The van der Waals surface area contributed by atoms with Crippen molar-refractivity contribution in [1.82, 2.24) is 4.98 Å². The smallest absolute Gasteiger partial charge is 0.313 e. The number of nitrogens with zero attached hydrogens (tertiary/aromatic N) is 1. The van der Waals surface area contributed by atoms with E-state index in [4.69, 9.17) is 4.74 Å². The zero-order valence-electron chi connectivity index (χ0n) is 23.9. The Morgan fingerprint density at radius 1 is 0.744 bits per heavy atom. The largest absolute Gasteiger partial charge is 0.386 e. The lowest BCUT2D eigenvalue weighted by Crippen LogP contribution is -2.30. The molecule has 0 radical (unpaired) electrons. The average molecular weight is 598 g/mol. The predicted molar refractivity (Wildman–Crippen MR) is 155 cm³/mol. The lowest BCUT2D eigenvalue weighted by atomic mass is 9.82. The van der Waals surface area contributed by atoms with Crippen molar-refractivity contribution >= 4 is 0 Å². The molecule has 0 saturated heterocycles. The second-order valence-corrected chi connectivity index (χ2v) is 11.2. The molecule has 5 rings (SSSR count). The van der Waals surface area contributed by atoms with Crippen LogP contribution in [0.3, 0.4) is 0 Å². The molecule has 0 bridgehead atoms. The molecule has 1 aliphatic carbocycles. The molecule has 1 aliphatic rings. The van der Waals surface area contributed by atoms with Crippen molar-refractivity contribution in [2.45, 2.75) is 76.4 Å². The van der Waals surface area contributed by atoms with Gasteiger partial charge in [-0.2, -0.15) is 8.78 Å². The summed E-state index contributed by atoms with van der Waals surface area (Å²) >= 11 is 0. The minimum Gasteiger partial charge on any atom is -0.313 e. The fraction of sp³-hybridized carbons (Fsp3) is 0.343. The molecule has 3 aromatic carbocycles. The van der Waals surface area contributed by atoms with Gasteiger partial charge in [-0.15, -0.1) is 0 Å². The predicted octanol–water partition coefficient (Wildman–Crippen LogP) is 10.5. The van der Waals surface area contributed by atoms with E-state index in [1.54, 1.807) is 24.4 Å². The van der Waals surface area contributed by atoms with Crippen molar-refractivity contribution in [2.24, 2.45) is 0 Å². The fourth-order valence-corrected chi connectivity index (χ4v) is 5.69. The van der Waals surface area contributed by atoms with E-state index in [0.717, 1.165) is 61.1 Å². The highest BCUT2D eigenvalue weighted by Gasteiger charge is 2.40. The average Bonchev–Trinajstić information content (AvgIpc) is 3.00. The van der Waals surface area contributed by atoms with Gasteiger partial charge in [0.05, 0.1) is 17.4 Å². The Hall–Kier alpha value is -3.65. The van der Waals surface area contributed by atoms with Crippen LogP contribution in [0.2, 0.25) is 0 Å². The molecule has 0 N–H and O–H groups in total. The maximum absolute atomic E-state index is 15.1. The Morgan fingerprint density at radius 2 is 1.40 bits per heavy atom. The number of pyridine rings is 1. The Labute approximate surface area is 247 Å². The molecule has 43 heavy (non-hydrogen) atoms. The van der Waals surface area contributed by atoms with Gasteiger partial charge in [-0.05, 0) is 97.0 Å². The third kappa shape index (κ3) is 7.29. The minimum atomic E-state index is -3.79. The van der Waals surface area contributed by atoms with E-state index in [1.165, 1.54) is 6.07 Å². The van der Waals surface area contributed by atoms with Crippen LogP contribution in [0.15, 0.2) is 72.9 Å². The molecule has 1 aromatic heterocycles. The quantitative estimate of drug-likeness (QED) is 0.103. The van der Waals surface area contributed by atoms with Gasteiger partial charge in [0.25, 0.3) is 0 Å². The summed E-state index contributed by atoms with van der Waals surface area (Å²) in [5.41, 5.74) is 2.91. The maximum Gasteiger partial charge on any atom is 0.386 e. The molecule has 1 saturated carbocycles. The van der Waals surface area contributed by atoms with Gasteiger partial charge in [0, 0.05) is 11.8 Å². The molecule has 4 aromatic rings. The van der Waals surface area contributed by atoms with Crippen molar-refractivity contribution in [1.29, 1.82) is 0 Å². The number of rotatable bonds is 10. The first-order valence-corrected chi connectivity index (χ1v) is 14.7. The normalized spacial score (nSPS) is 17.3. The van der Waals surface area contributed by atoms with Crippen molar-refractivity contribution in [3.05, 3.63) is 113 Å². The van der Waals surface area contributed by atoms with Gasteiger partial charge in [-0.3, -0.25) is 4.98 Å². The van der Waals surface area contributed by atoms with Crippen LogP contribution >= 0.6 is 0 Å². The number of aromatic nitrogens is 1. The Morgan fingerprint density at radius 3 is 2.00 bits per heavy atom. The van der Waals surface area contributed by atoms with Crippen LogP contribution in [-0.4, -0.2) is 11.1 Å². The van der Waals surface area contributed by atoms with Gasteiger partial charge in [0.2, 0.25) is 0 Å². The highest BCUT2D eigenvalue weighted by Crippen LogP contribution is 2.40. The third-order valence-electron chi connectivity index (χ3n) is 8.16. The van der Waals surface area contributed by atoms with E-state index < -0.39 is 41.0 Å². The summed E-state index contributed by atoms with van der Waals surface area (Å²) in [7, 11) is 0. The Bertz CT molecular complexity index is 1510. The van der Waals surface area contributed by atoms with Crippen LogP contribution in [0.5, 0.6) is 0 Å². The summed E-state index contributed by atoms with van der Waals surface area (Å²) in [6, 6.07) is 16.2. The molecule has 1 heterocycles. The number of aryl methyl sites for hydroxylation is 1. The number of halogens is 6. The van der Waals surface area contributed by atoms with Crippen molar-refractivity contribution in [3.63, 3.8) is 0 Å². The molecule has 2 nitrogen and oxygen atoms in total. The van der Waals surface area contributed by atoms with Crippen LogP contribution in [0.4, 0.5) is 26.3 Å². The molecule has 0 amide bonds. The molecule has 0 unspecified atom stereocenters. The lowest BCUT2D eigenvalue weighted by molar-refractivity contribution is -0.278. The number of hydrogen-bond donors (Lipinski definition) is 0. The molecular formula is C35H33F6NO. The van der Waals surface area contributed by atoms with Gasteiger partial charge < -0.3 is 4.74 Å². The van der Waals surface area contributed by atoms with Gasteiger partial charge in [0.15, 0.2) is 17.5 Å². The molecule has 0 spiro atoms. The number of unbranched alkanes of at least 4 members (excludes halogenated alkanes) is 2. The van der Waals surface area contributed by atoms with E-state index in [0.29, 0.717) is 42.5 Å². The highest BCUT2D eigenvalue weighted by molar-refractivity contribution is 5.64. The number of hydrogen-bond acceptors (Lipinski definition) is 2. The summed E-state index contributed by atoms with van der Waals surface area (Å²) in [6.07, 6.45) is 3.34. The Kier molecular flexibility index (Phi) is 9.55. The SMILES string of the molecule is CCCCCc1ccc(-c2ccc(C(F)(F)OC3CCC(c4ccc(-c5cc(F)c(F)c(F)c5)cc4)CC3)c(F)c2)nc1. The van der Waals surface area contributed by atoms with Crippen molar-refractivity contribution < 1.29 is 31.1 Å².